The molecule has 2 N–H and O–H groups in total. The molecular weight excluding hydrogens is 288 g/mol. The maximum Gasteiger partial charge on any atom is 0.0659 e. The molecule has 0 aromatic rings. The van der Waals surface area contributed by atoms with E-state index in [9.17, 15) is 10.2 Å². The second-order valence-corrected chi connectivity index (χ2v) is 7.86. The molecule has 0 saturated carbocycles. The van der Waals surface area contributed by atoms with E-state index in [1.165, 1.54) is 5.57 Å². The smallest absolute Gasteiger partial charge is 0.0659 e. The fraction of sp³-hybridized carbons (Fsp3) is 0.800. The molecular formula is C20H34O3. The van der Waals surface area contributed by atoms with E-state index in [0.29, 0.717) is 5.92 Å². The van der Waals surface area contributed by atoms with Crippen molar-refractivity contribution < 1.29 is 14.9 Å². The van der Waals surface area contributed by atoms with Gasteiger partial charge in [0.25, 0.3) is 0 Å². The molecule has 0 amide bonds. The van der Waals surface area contributed by atoms with E-state index in [2.05, 4.69) is 32.9 Å². The summed E-state index contributed by atoms with van der Waals surface area (Å²) in [6.07, 6.45) is 11.8. The molecule has 132 valence electrons. The van der Waals surface area contributed by atoms with Crippen LogP contribution in [0.25, 0.3) is 0 Å². The molecule has 1 aliphatic carbocycles. The summed E-state index contributed by atoms with van der Waals surface area (Å²) in [5.74, 6) is 0.770. The Labute approximate surface area is 141 Å². The third-order valence-corrected chi connectivity index (χ3v) is 5.73. The van der Waals surface area contributed by atoms with E-state index in [-0.39, 0.29) is 30.8 Å². The summed E-state index contributed by atoms with van der Waals surface area (Å²) in [5.41, 5.74) is 2.47. The lowest BCUT2D eigenvalue weighted by Crippen LogP contribution is -2.30. The van der Waals surface area contributed by atoms with Crippen LogP contribution in [0.2, 0.25) is 0 Å². The van der Waals surface area contributed by atoms with E-state index in [1.54, 1.807) is 0 Å². The Kier molecular flexibility index (Phi) is 6.87. The van der Waals surface area contributed by atoms with Gasteiger partial charge >= 0.3 is 0 Å². The first kappa shape index (κ1) is 18.7. The predicted molar refractivity (Wildman–Crippen MR) is 94.3 cm³/mol. The molecule has 0 spiro atoms. The van der Waals surface area contributed by atoms with E-state index in [1.807, 2.05) is 0 Å². The van der Waals surface area contributed by atoms with Gasteiger partial charge in [-0.25, -0.2) is 0 Å². The van der Waals surface area contributed by atoms with E-state index < -0.39 is 0 Å². The molecule has 3 atom stereocenters. The van der Waals surface area contributed by atoms with Crippen LogP contribution in [0.4, 0.5) is 0 Å². The highest BCUT2D eigenvalue weighted by Crippen LogP contribution is 2.42. The van der Waals surface area contributed by atoms with Gasteiger partial charge in [0.1, 0.15) is 0 Å². The van der Waals surface area contributed by atoms with Crippen molar-refractivity contribution in [2.24, 2.45) is 11.8 Å². The van der Waals surface area contributed by atoms with Crippen LogP contribution in [-0.4, -0.2) is 35.1 Å². The molecule has 3 nitrogen and oxygen atoms in total. The Morgan fingerprint density at radius 1 is 1.13 bits per heavy atom. The van der Waals surface area contributed by atoms with E-state index in [4.69, 9.17) is 4.74 Å². The van der Waals surface area contributed by atoms with Crippen molar-refractivity contribution in [2.75, 3.05) is 13.2 Å². The standard InChI is InChI=1S/C20H34O3/c1-15-6-4-7-16(13-21)8-5-9-17(14-22)19-12-18(11-10-15)20(2,3)23-19/h6,8,17-19,21-22H,4-5,7,9-14H2,1-3H3/b15-6-,16-8+/t17-,18-,19-/m1/s1. The van der Waals surface area contributed by atoms with Crippen LogP contribution in [0, 0.1) is 11.8 Å². The summed E-state index contributed by atoms with van der Waals surface area (Å²) in [6, 6.07) is 0. The van der Waals surface area contributed by atoms with Gasteiger partial charge in [-0.05, 0) is 77.2 Å². The third kappa shape index (κ3) is 5.17. The average molecular weight is 322 g/mol. The zero-order chi connectivity index (χ0) is 16.9. The normalized spacial score (nSPS) is 37.3. The molecule has 2 bridgehead atoms. The molecule has 1 heterocycles. The molecule has 2 aliphatic rings. The number of aliphatic hydroxyl groups is 2. The molecule has 1 saturated heterocycles. The fourth-order valence-corrected chi connectivity index (χ4v) is 4.00. The Morgan fingerprint density at radius 2 is 1.91 bits per heavy atom. The monoisotopic (exact) mass is 322 g/mol. The molecule has 1 aliphatic heterocycles. The Bertz CT molecular complexity index is 436. The van der Waals surface area contributed by atoms with Gasteiger partial charge in [0.2, 0.25) is 0 Å². The molecule has 2 rings (SSSR count). The van der Waals surface area contributed by atoms with Gasteiger partial charge < -0.3 is 14.9 Å². The minimum atomic E-state index is -0.0926. The van der Waals surface area contributed by atoms with Gasteiger partial charge in [0.15, 0.2) is 0 Å². The lowest BCUT2D eigenvalue weighted by molar-refractivity contribution is -0.0630. The summed E-state index contributed by atoms with van der Waals surface area (Å²) in [7, 11) is 0. The van der Waals surface area contributed by atoms with Crippen LogP contribution < -0.4 is 0 Å². The Morgan fingerprint density at radius 3 is 2.61 bits per heavy atom. The Balaban J connectivity index is 2.14. The lowest BCUT2D eigenvalue weighted by Gasteiger charge is -2.27. The largest absolute Gasteiger partial charge is 0.396 e. The summed E-state index contributed by atoms with van der Waals surface area (Å²) in [6.45, 7) is 6.95. The van der Waals surface area contributed by atoms with Crippen LogP contribution in [0.1, 0.15) is 65.7 Å². The molecule has 23 heavy (non-hydrogen) atoms. The maximum atomic E-state index is 9.79. The van der Waals surface area contributed by atoms with Crippen molar-refractivity contribution in [1.82, 2.24) is 0 Å². The number of ether oxygens (including phenoxy) is 1. The van der Waals surface area contributed by atoms with Gasteiger partial charge in [0.05, 0.1) is 18.3 Å². The summed E-state index contributed by atoms with van der Waals surface area (Å²) in [5, 5.41) is 19.3. The minimum Gasteiger partial charge on any atom is -0.396 e. The van der Waals surface area contributed by atoms with Crippen molar-refractivity contribution in [3.63, 3.8) is 0 Å². The zero-order valence-electron chi connectivity index (χ0n) is 15.1. The lowest BCUT2D eigenvalue weighted by atomic mass is 9.82. The molecule has 0 aromatic heterocycles. The second-order valence-electron chi connectivity index (χ2n) is 7.86. The highest BCUT2D eigenvalue weighted by atomic mass is 16.5. The summed E-state index contributed by atoms with van der Waals surface area (Å²) < 4.78 is 6.33. The van der Waals surface area contributed by atoms with Crippen LogP contribution in [-0.2, 0) is 4.74 Å². The van der Waals surface area contributed by atoms with Crippen molar-refractivity contribution >= 4 is 0 Å². The summed E-state index contributed by atoms with van der Waals surface area (Å²) in [4.78, 5) is 0. The van der Waals surface area contributed by atoms with Crippen LogP contribution in [0.3, 0.4) is 0 Å². The van der Waals surface area contributed by atoms with Gasteiger partial charge in [-0.3, -0.25) is 0 Å². The minimum absolute atomic E-state index is 0.0926. The first-order chi connectivity index (χ1) is 11.0. The number of allylic oxidation sites excluding steroid dienone is 3. The average Bonchev–Trinajstić information content (AvgIpc) is 2.81. The number of aliphatic hydroxyl groups excluding tert-OH is 2. The van der Waals surface area contributed by atoms with Crippen molar-refractivity contribution in [3.8, 4) is 0 Å². The maximum absolute atomic E-state index is 9.79. The molecule has 3 heteroatoms. The van der Waals surface area contributed by atoms with E-state index in [0.717, 1.165) is 50.5 Å². The number of rotatable bonds is 2. The highest BCUT2D eigenvalue weighted by molar-refractivity contribution is 5.07. The van der Waals surface area contributed by atoms with Crippen molar-refractivity contribution in [3.05, 3.63) is 23.3 Å². The first-order valence-electron chi connectivity index (χ1n) is 9.19. The first-order valence-corrected chi connectivity index (χ1v) is 9.19. The highest BCUT2D eigenvalue weighted by Gasteiger charge is 2.43. The quantitative estimate of drug-likeness (QED) is 0.756. The van der Waals surface area contributed by atoms with Crippen LogP contribution >= 0.6 is 0 Å². The van der Waals surface area contributed by atoms with Gasteiger partial charge in [-0.2, -0.15) is 0 Å². The summed E-state index contributed by atoms with van der Waals surface area (Å²) >= 11 is 0. The van der Waals surface area contributed by atoms with Crippen molar-refractivity contribution in [2.45, 2.75) is 77.4 Å². The predicted octanol–water partition coefficient (Wildman–Crippen LogP) is 4.00. The van der Waals surface area contributed by atoms with Gasteiger partial charge in [-0.1, -0.05) is 17.7 Å². The molecule has 0 aromatic carbocycles. The van der Waals surface area contributed by atoms with Crippen LogP contribution in [0.15, 0.2) is 23.3 Å². The zero-order valence-corrected chi connectivity index (χ0v) is 15.1. The molecule has 0 radical (unpaired) electrons. The third-order valence-electron chi connectivity index (χ3n) is 5.73. The molecule has 1 fully saturated rings. The van der Waals surface area contributed by atoms with Gasteiger partial charge in [0, 0.05) is 12.5 Å². The van der Waals surface area contributed by atoms with Crippen LogP contribution in [0.5, 0.6) is 0 Å². The SMILES string of the molecule is C/C1=C/CC/C(CO)=C\CC[C@H](CO)[C@H]2C[C@@H](CC1)C(C)(C)O2. The Hall–Kier alpha value is -0.640. The topological polar surface area (TPSA) is 49.7 Å². The second kappa shape index (κ2) is 8.46. The number of hydrogen-bond acceptors (Lipinski definition) is 3. The van der Waals surface area contributed by atoms with E-state index >= 15 is 0 Å². The molecule has 0 unspecified atom stereocenters. The van der Waals surface area contributed by atoms with Gasteiger partial charge in [-0.15, -0.1) is 0 Å². The van der Waals surface area contributed by atoms with Crippen molar-refractivity contribution in [1.29, 1.82) is 0 Å². The fourth-order valence-electron chi connectivity index (χ4n) is 4.00. The number of hydrogen-bond donors (Lipinski definition) is 2. The number of fused-ring (bicyclic) bond motifs is 2.